The number of hydrogen-bond acceptors (Lipinski definition) is 8. The zero-order chi connectivity index (χ0) is 28.7. The molecule has 3 N–H and O–H groups in total. The molecule has 1 aromatic heterocycles. The number of nitrogens with zero attached hydrogens (tertiary/aromatic N) is 2. The third kappa shape index (κ3) is 8.07. The van der Waals surface area contributed by atoms with Crippen LogP contribution >= 0.6 is 11.3 Å². The van der Waals surface area contributed by atoms with E-state index in [2.05, 4.69) is 15.6 Å². The van der Waals surface area contributed by atoms with Gasteiger partial charge in [0, 0.05) is 27.0 Å². The van der Waals surface area contributed by atoms with Gasteiger partial charge in [0.15, 0.2) is 0 Å². The highest BCUT2D eigenvalue weighted by atomic mass is 32.1. The zero-order valence-corrected chi connectivity index (χ0v) is 24.3. The van der Waals surface area contributed by atoms with Crippen LogP contribution in [0.4, 0.5) is 0 Å². The third-order valence-corrected chi connectivity index (χ3v) is 7.66. The van der Waals surface area contributed by atoms with Gasteiger partial charge < -0.3 is 30.1 Å². The Balaban J connectivity index is 1.81. The van der Waals surface area contributed by atoms with Gasteiger partial charge in [-0.05, 0) is 23.5 Å². The average Bonchev–Trinajstić information content (AvgIpc) is 3.48. The molecule has 4 atom stereocenters. The van der Waals surface area contributed by atoms with Crippen molar-refractivity contribution in [1.29, 1.82) is 0 Å². The van der Waals surface area contributed by atoms with Crippen LogP contribution in [0.1, 0.15) is 51.4 Å². The number of rotatable bonds is 11. The molecule has 3 rings (SSSR count). The molecule has 2 heterocycles. The number of aliphatic hydroxyl groups is 1. The molecule has 1 aliphatic rings. The van der Waals surface area contributed by atoms with Crippen LogP contribution in [-0.4, -0.2) is 84.4 Å². The molecule has 0 saturated carbocycles. The lowest BCUT2D eigenvalue weighted by Gasteiger charge is -2.35. The first-order chi connectivity index (χ1) is 18.4. The summed E-state index contributed by atoms with van der Waals surface area (Å²) in [4.78, 5) is 45.7. The molecule has 0 bridgehead atoms. The molecule has 1 aromatic carbocycles. The Hall–Kier alpha value is -2.86. The normalized spacial score (nSPS) is 19.0. The fraction of sp³-hybridized carbons (Fsp3) is 0.571. The van der Waals surface area contributed by atoms with Gasteiger partial charge in [0.05, 0.1) is 48.0 Å². The maximum absolute atomic E-state index is 13.6. The van der Waals surface area contributed by atoms with Gasteiger partial charge >= 0.3 is 0 Å². The number of hydrogen-bond donors (Lipinski definition) is 3. The molecule has 0 unspecified atom stereocenters. The Morgan fingerprint density at radius 3 is 2.44 bits per heavy atom. The Labute approximate surface area is 234 Å². The predicted octanol–water partition coefficient (Wildman–Crippen LogP) is 2.45. The number of amides is 3. The number of β-amino-alcohol motifs (C(OH)–C–C–N with tert-alkyl or cyclic N) is 1. The highest BCUT2D eigenvalue weighted by molar-refractivity contribution is 7.13. The van der Waals surface area contributed by atoms with E-state index in [0.29, 0.717) is 13.2 Å². The van der Waals surface area contributed by atoms with Gasteiger partial charge in [-0.3, -0.25) is 14.4 Å². The summed E-state index contributed by atoms with van der Waals surface area (Å²) in [5.41, 5.74) is 4.05. The summed E-state index contributed by atoms with van der Waals surface area (Å²) in [5.74, 6) is -1.13. The van der Waals surface area contributed by atoms with Crippen LogP contribution in [0.15, 0.2) is 29.8 Å². The summed E-state index contributed by atoms with van der Waals surface area (Å²) in [6.45, 7) is 9.84. The lowest BCUT2D eigenvalue weighted by atomic mass is 9.85. The number of nitrogens with one attached hydrogen (secondary N) is 2. The molecule has 0 radical (unpaired) electrons. The van der Waals surface area contributed by atoms with Crippen molar-refractivity contribution in [2.45, 2.75) is 65.3 Å². The summed E-state index contributed by atoms with van der Waals surface area (Å²) in [6, 6.07) is 5.64. The fourth-order valence-corrected chi connectivity index (χ4v) is 5.41. The number of ether oxygens (including phenoxy) is 2. The Morgan fingerprint density at radius 2 is 1.87 bits per heavy atom. The predicted molar refractivity (Wildman–Crippen MR) is 149 cm³/mol. The van der Waals surface area contributed by atoms with Crippen LogP contribution in [0.3, 0.4) is 0 Å². The molecule has 0 aliphatic carbocycles. The number of benzene rings is 1. The van der Waals surface area contributed by atoms with E-state index >= 15 is 0 Å². The number of methoxy groups -OCH3 is 1. The Morgan fingerprint density at radius 1 is 1.18 bits per heavy atom. The molecular weight excluding hydrogens is 520 g/mol. The summed E-state index contributed by atoms with van der Waals surface area (Å²) < 4.78 is 10.8. The molecule has 0 spiro atoms. The molecule has 214 valence electrons. The minimum absolute atomic E-state index is 0.0149. The summed E-state index contributed by atoms with van der Waals surface area (Å²) >= 11 is 1.57. The lowest BCUT2D eigenvalue weighted by molar-refractivity contribution is -0.144. The van der Waals surface area contributed by atoms with Gasteiger partial charge in [-0.1, -0.05) is 45.0 Å². The molecule has 11 heteroatoms. The summed E-state index contributed by atoms with van der Waals surface area (Å²) in [7, 11) is 1.59. The van der Waals surface area contributed by atoms with Crippen molar-refractivity contribution in [2.75, 3.05) is 33.5 Å². The van der Waals surface area contributed by atoms with Crippen molar-refractivity contribution < 1.29 is 29.0 Å². The van der Waals surface area contributed by atoms with E-state index in [9.17, 15) is 19.5 Å². The number of thiazole rings is 1. The topological polar surface area (TPSA) is 130 Å². The first-order valence-corrected chi connectivity index (χ1v) is 13.9. The minimum atomic E-state index is -0.883. The van der Waals surface area contributed by atoms with Gasteiger partial charge in [-0.25, -0.2) is 4.98 Å². The van der Waals surface area contributed by atoms with E-state index in [1.165, 1.54) is 11.8 Å². The smallest absolute Gasteiger partial charge is 0.246 e. The van der Waals surface area contributed by atoms with Crippen molar-refractivity contribution in [2.24, 2.45) is 5.41 Å². The first kappa shape index (κ1) is 30.7. The maximum Gasteiger partial charge on any atom is 0.246 e. The molecule has 39 heavy (non-hydrogen) atoms. The number of carbonyl (C=O) groups is 3. The number of aryl methyl sites for hydroxylation is 1. The second kappa shape index (κ2) is 13.5. The van der Waals surface area contributed by atoms with Crippen LogP contribution in [-0.2, 0) is 23.9 Å². The molecule has 10 nitrogen and oxygen atoms in total. The molecule has 2 aromatic rings. The number of carbonyl (C=O) groups excluding carboxylic acids is 3. The number of likely N-dealkylation sites (tertiary alicyclic amines) is 1. The van der Waals surface area contributed by atoms with Crippen LogP contribution < -0.4 is 10.6 Å². The van der Waals surface area contributed by atoms with Crippen molar-refractivity contribution in [3.63, 3.8) is 0 Å². The van der Waals surface area contributed by atoms with Crippen molar-refractivity contribution >= 4 is 29.1 Å². The van der Waals surface area contributed by atoms with Gasteiger partial charge in [0.25, 0.3) is 0 Å². The molecule has 1 aliphatic heterocycles. The standard InChI is InChI=1S/C28H40N4O6S/c1-17-24(39-16-29-17)20-9-7-19(8-10-20)22(15-38-12-11-37-6)31-26(35)23-13-21(34)14-32(23)27(36)25(28(3,4)5)30-18(2)33/h7-10,16,21-23,25,34H,11-15H2,1-6H3,(H,30,33)(H,31,35)/t21-,22+,23+,25-/m1/s1. The van der Waals surface area contributed by atoms with Gasteiger partial charge in [-0.2, -0.15) is 0 Å². The van der Waals surface area contributed by atoms with Crippen LogP contribution in [0, 0.1) is 12.3 Å². The van der Waals surface area contributed by atoms with E-state index in [1.54, 1.807) is 18.4 Å². The maximum atomic E-state index is 13.6. The third-order valence-electron chi connectivity index (χ3n) is 6.68. The van der Waals surface area contributed by atoms with Gasteiger partial charge in [0.2, 0.25) is 17.7 Å². The van der Waals surface area contributed by atoms with E-state index < -0.39 is 41.5 Å². The van der Waals surface area contributed by atoms with Crippen LogP contribution in [0.25, 0.3) is 10.4 Å². The quantitative estimate of drug-likeness (QED) is 0.360. The largest absolute Gasteiger partial charge is 0.391 e. The van der Waals surface area contributed by atoms with Crippen molar-refractivity contribution in [3.8, 4) is 10.4 Å². The monoisotopic (exact) mass is 560 g/mol. The van der Waals surface area contributed by atoms with Gasteiger partial charge in [-0.15, -0.1) is 11.3 Å². The van der Waals surface area contributed by atoms with Gasteiger partial charge in [0.1, 0.15) is 12.1 Å². The van der Waals surface area contributed by atoms with Crippen molar-refractivity contribution in [1.82, 2.24) is 20.5 Å². The zero-order valence-electron chi connectivity index (χ0n) is 23.5. The Bertz CT molecular complexity index is 1130. The van der Waals surface area contributed by atoms with E-state index in [-0.39, 0.29) is 25.5 Å². The average molecular weight is 561 g/mol. The first-order valence-electron chi connectivity index (χ1n) is 13.1. The van der Waals surface area contributed by atoms with Crippen molar-refractivity contribution in [3.05, 3.63) is 41.0 Å². The van der Waals surface area contributed by atoms with E-state index in [4.69, 9.17) is 9.47 Å². The molecule has 1 saturated heterocycles. The SMILES string of the molecule is COCCOC[C@H](NC(=O)[C@@H]1C[C@@H](O)CN1C(=O)[C@@H](NC(C)=O)C(C)(C)C)c1ccc(-c2scnc2C)cc1. The molecule has 1 fully saturated rings. The Kier molecular flexibility index (Phi) is 10.6. The second-order valence-electron chi connectivity index (χ2n) is 10.9. The fourth-order valence-electron chi connectivity index (χ4n) is 4.60. The summed E-state index contributed by atoms with van der Waals surface area (Å²) in [6.07, 6.45) is -0.740. The highest BCUT2D eigenvalue weighted by Gasteiger charge is 2.44. The van der Waals surface area contributed by atoms with Crippen LogP contribution in [0.5, 0.6) is 0 Å². The number of aliphatic hydroxyl groups excluding tert-OH is 1. The molecule has 3 amide bonds. The summed E-state index contributed by atoms with van der Waals surface area (Å²) in [5, 5.41) is 16.2. The van der Waals surface area contributed by atoms with E-state index in [0.717, 1.165) is 21.7 Å². The van der Waals surface area contributed by atoms with E-state index in [1.807, 2.05) is 57.5 Å². The second-order valence-corrected chi connectivity index (χ2v) is 11.8. The minimum Gasteiger partial charge on any atom is -0.391 e. The highest BCUT2D eigenvalue weighted by Crippen LogP contribution is 2.29. The number of aromatic nitrogens is 1. The lowest BCUT2D eigenvalue weighted by Crippen LogP contribution is -2.57. The van der Waals surface area contributed by atoms with Crippen LogP contribution in [0.2, 0.25) is 0 Å². The molecular formula is C28H40N4O6S.